The Morgan fingerprint density at radius 3 is 2.93 bits per heavy atom. The highest BCUT2D eigenvalue weighted by molar-refractivity contribution is 5.27. The maximum absolute atomic E-state index is 13.0. The zero-order valence-electron chi connectivity index (χ0n) is 8.24. The van der Waals surface area contributed by atoms with Crippen LogP contribution in [0.5, 0.6) is 0 Å². The smallest absolute Gasteiger partial charge is 0.123 e. The van der Waals surface area contributed by atoms with Gasteiger partial charge < -0.3 is 4.74 Å². The Hall–Kier alpha value is -1.39. The lowest BCUT2D eigenvalue weighted by Gasteiger charge is -2.17. The molecule has 1 aromatic carbocycles. The molecule has 0 spiro atoms. The Morgan fingerprint density at radius 2 is 2.33 bits per heavy atom. The van der Waals surface area contributed by atoms with Gasteiger partial charge in [-0.2, -0.15) is 0 Å². The first kappa shape index (κ1) is 10.1. The van der Waals surface area contributed by atoms with Crippen molar-refractivity contribution in [2.75, 3.05) is 6.61 Å². The molecule has 0 fully saturated rings. The fourth-order valence-electron chi connectivity index (χ4n) is 1.67. The Morgan fingerprint density at radius 1 is 1.47 bits per heavy atom. The quantitative estimate of drug-likeness (QED) is 0.586. The third-order valence-electron chi connectivity index (χ3n) is 2.37. The maximum Gasteiger partial charge on any atom is 0.123 e. The van der Waals surface area contributed by atoms with Crippen LogP contribution in [-0.4, -0.2) is 6.61 Å². The minimum absolute atomic E-state index is 0.261. The van der Waals surface area contributed by atoms with E-state index in [2.05, 4.69) is 5.43 Å². The van der Waals surface area contributed by atoms with Crippen molar-refractivity contribution in [1.29, 1.82) is 0 Å². The topological polar surface area (TPSA) is 47.3 Å². The number of halogens is 1. The first-order valence-electron chi connectivity index (χ1n) is 4.85. The predicted molar refractivity (Wildman–Crippen MR) is 55.1 cm³/mol. The van der Waals surface area contributed by atoms with Crippen LogP contribution in [0.4, 0.5) is 4.39 Å². The zero-order valence-corrected chi connectivity index (χ0v) is 8.24. The molecule has 0 aromatic heterocycles. The molecule has 1 heterocycles. The van der Waals surface area contributed by atoms with Crippen LogP contribution in [0.15, 0.2) is 36.1 Å². The lowest BCUT2D eigenvalue weighted by molar-refractivity contribution is 0.215. The van der Waals surface area contributed by atoms with E-state index in [9.17, 15) is 4.39 Å². The van der Waals surface area contributed by atoms with Crippen molar-refractivity contribution in [2.24, 2.45) is 5.84 Å². The Bertz CT molecular complexity index is 379. The molecule has 1 unspecified atom stereocenters. The normalized spacial score (nSPS) is 17.1. The molecule has 4 heteroatoms. The van der Waals surface area contributed by atoms with Crippen LogP contribution in [0.25, 0.3) is 0 Å². The number of benzene rings is 1. The van der Waals surface area contributed by atoms with Gasteiger partial charge in [0, 0.05) is 6.42 Å². The van der Waals surface area contributed by atoms with E-state index in [1.165, 1.54) is 12.1 Å². The molecule has 1 aliphatic heterocycles. The average molecular weight is 208 g/mol. The molecule has 1 atom stereocenters. The fraction of sp³-hybridized carbons (Fsp3) is 0.273. The van der Waals surface area contributed by atoms with E-state index in [1.54, 1.807) is 6.07 Å². The van der Waals surface area contributed by atoms with Crippen LogP contribution >= 0.6 is 0 Å². The molecule has 0 saturated heterocycles. The zero-order chi connectivity index (χ0) is 10.7. The summed E-state index contributed by atoms with van der Waals surface area (Å²) in [6.45, 7) is 0.669. The summed E-state index contributed by atoms with van der Waals surface area (Å²) >= 11 is 0. The van der Waals surface area contributed by atoms with Gasteiger partial charge in [-0.25, -0.2) is 9.82 Å². The van der Waals surface area contributed by atoms with Crippen LogP contribution in [-0.2, 0) is 4.74 Å². The van der Waals surface area contributed by atoms with Gasteiger partial charge in [0.05, 0.1) is 6.61 Å². The number of hydrogen-bond acceptors (Lipinski definition) is 3. The summed E-state index contributed by atoms with van der Waals surface area (Å²) in [6, 6.07) is 6.07. The molecule has 0 amide bonds. The van der Waals surface area contributed by atoms with Crippen LogP contribution in [0.3, 0.4) is 0 Å². The third kappa shape index (κ3) is 2.16. The summed E-state index contributed by atoms with van der Waals surface area (Å²) in [5, 5.41) is 0. The van der Waals surface area contributed by atoms with Crippen molar-refractivity contribution in [1.82, 2.24) is 5.43 Å². The number of hydrogen-bond donors (Lipinski definition) is 2. The van der Waals surface area contributed by atoms with Gasteiger partial charge in [0.1, 0.15) is 17.6 Å². The number of hydrazine groups is 1. The van der Waals surface area contributed by atoms with Crippen molar-refractivity contribution < 1.29 is 9.13 Å². The average Bonchev–Trinajstić information content (AvgIpc) is 2.72. The van der Waals surface area contributed by atoms with E-state index in [-0.39, 0.29) is 11.9 Å². The van der Waals surface area contributed by atoms with Crippen LogP contribution in [0, 0.1) is 5.82 Å². The minimum Gasteiger partial charge on any atom is -0.496 e. The van der Waals surface area contributed by atoms with Gasteiger partial charge in [-0.3, -0.25) is 5.84 Å². The predicted octanol–water partition coefficient (Wildman–Crippen LogP) is 1.63. The fourth-order valence-corrected chi connectivity index (χ4v) is 1.67. The van der Waals surface area contributed by atoms with Gasteiger partial charge in [-0.05, 0) is 23.8 Å². The number of nitrogens with two attached hydrogens (primary N) is 1. The first-order chi connectivity index (χ1) is 7.31. The second-order valence-corrected chi connectivity index (χ2v) is 3.40. The van der Waals surface area contributed by atoms with Crippen molar-refractivity contribution in [2.45, 2.75) is 12.5 Å². The van der Waals surface area contributed by atoms with Gasteiger partial charge in [0.2, 0.25) is 0 Å². The highest BCUT2D eigenvalue weighted by Gasteiger charge is 2.19. The molecule has 0 radical (unpaired) electrons. The van der Waals surface area contributed by atoms with E-state index in [0.29, 0.717) is 6.61 Å². The summed E-state index contributed by atoms with van der Waals surface area (Å²) in [4.78, 5) is 0. The SMILES string of the molecule is NNC(C1=CCCO1)c1cccc(F)c1. The molecule has 15 heavy (non-hydrogen) atoms. The van der Waals surface area contributed by atoms with Crippen molar-refractivity contribution in [3.05, 3.63) is 47.5 Å². The van der Waals surface area contributed by atoms with E-state index in [0.717, 1.165) is 17.7 Å². The number of ether oxygens (including phenoxy) is 1. The Balaban J connectivity index is 2.26. The van der Waals surface area contributed by atoms with Crippen LogP contribution < -0.4 is 11.3 Å². The molecule has 3 nitrogen and oxygen atoms in total. The highest BCUT2D eigenvalue weighted by Crippen LogP contribution is 2.25. The van der Waals surface area contributed by atoms with E-state index < -0.39 is 0 Å². The third-order valence-corrected chi connectivity index (χ3v) is 2.37. The van der Waals surface area contributed by atoms with Gasteiger partial charge in [0.15, 0.2) is 0 Å². The molecule has 0 bridgehead atoms. The lowest BCUT2D eigenvalue weighted by Crippen LogP contribution is -2.29. The van der Waals surface area contributed by atoms with Gasteiger partial charge in [-0.15, -0.1) is 0 Å². The second kappa shape index (κ2) is 4.42. The maximum atomic E-state index is 13.0. The first-order valence-corrected chi connectivity index (χ1v) is 4.85. The molecular weight excluding hydrogens is 195 g/mol. The van der Waals surface area contributed by atoms with Gasteiger partial charge >= 0.3 is 0 Å². The van der Waals surface area contributed by atoms with Gasteiger partial charge in [-0.1, -0.05) is 12.1 Å². The summed E-state index contributed by atoms with van der Waals surface area (Å²) < 4.78 is 18.4. The van der Waals surface area contributed by atoms with E-state index in [4.69, 9.17) is 10.6 Å². The van der Waals surface area contributed by atoms with Crippen molar-refractivity contribution in [3.8, 4) is 0 Å². The van der Waals surface area contributed by atoms with Gasteiger partial charge in [0.25, 0.3) is 0 Å². The summed E-state index contributed by atoms with van der Waals surface area (Å²) in [5.41, 5.74) is 3.40. The summed E-state index contributed by atoms with van der Waals surface area (Å²) in [7, 11) is 0. The minimum atomic E-state index is -0.272. The molecule has 3 N–H and O–H groups in total. The summed E-state index contributed by atoms with van der Waals surface area (Å²) in [6.07, 6.45) is 2.85. The number of nitrogens with one attached hydrogen (secondary N) is 1. The molecular formula is C11H13FN2O. The highest BCUT2D eigenvalue weighted by atomic mass is 19.1. The molecule has 1 aromatic rings. The second-order valence-electron chi connectivity index (χ2n) is 3.40. The van der Waals surface area contributed by atoms with E-state index >= 15 is 0 Å². The Kier molecular flexibility index (Phi) is 2.99. The molecule has 1 aliphatic rings. The van der Waals surface area contributed by atoms with Crippen molar-refractivity contribution >= 4 is 0 Å². The number of rotatable bonds is 3. The monoisotopic (exact) mass is 208 g/mol. The molecule has 2 rings (SSSR count). The van der Waals surface area contributed by atoms with Crippen LogP contribution in [0.2, 0.25) is 0 Å². The van der Waals surface area contributed by atoms with Crippen molar-refractivity contribution in [3.63, 3.8) is 0 Å². The molecule has 0 saturated carbocycles. The largest absolute Gasteiger partial charge is 0.496 e. The Labute approximate surface area is 87.7 Å². The lowest BCUT2D eigenvalue weighted by atomic mass is 10.1. The standard InChI is InChI=1S/C11H13FN2O/c12-9-4-1-3-8(7-9)11(14-13)10-5-2-6-15-10/h1,3-5,7,11,14H,2,6,13H2. The van der Waals surface area contributed by atoms with E-state index in [1.807, 2.05) is 12.1 Å². The molecule has 0 aliphatic carbocycles. The summed E-state index contributed by atoms with van der Waals surface area (Å²) in [5.74, 6) is 5.94. The van der Waals surface area contributed by atoms with Crippen LogP contribution in [0.1, 0.15) is 18.0 Å². The molecule has 80 valence electrons.